The molecule has 0 amide bonds. The fourth-order valence-electron chi connectivity index (χ4n) is 2.64. The van der Waals surface area contributed by atoms with Gasteiger partial charge in [-0.1, -0.05) is 0 Å². The van der Waals surface area contributed by atoms with E-state index in [4.69, 9.17) is 4.74 Å². The highest BCUT2D eigenvalue weighted by molar-refractivity contribution is 5.81. The largest absolute Gasteiger partial charge is 0.378 e. The third-order valence-electron chi connectivity index (χ3n) is 3.51. The fourth-order valence-corrected chi connectivity index (χ4v) is 2.64. The molecule has 4 nitrogen and oxygen atoms in total. The molecule has 1 N–H and O–H groups in total. The van der Waals surface area contributed by atoms with E-state index in [-0.39, 0.29) is 5.92 Å². The summed E-state index contributed by atoms with van der Waals surface area (Å²) in [6.45, 7) is 2.41. The predicted molar refractivity (Wildman–Crippen MR) is 62.4 cm³/mol. The van der Waals surface area contributed by atoms with Crippen molar-refractivity contribution >= 4 is 5.78 Å². The summed E-state index contributed by atoms with van der Waals surface area (Å²) in [6, 6.07) is 0.807. The van der Waals surface area contributed by atoms with E-state index in [0.717, 1.165) is 32.6 Å². The van der Waals surface area contributed by atoms with E-state index < -0.39 is 0 Å². The number of nitrogens with one attached hydrogen (secondary N) is 1. The van der Waals surface area contributed by atoms with Crippen LogP contribution in [-0.2, 0) is 9.53 Å². The number of piperidine rings is 1. The summed E-state index contributed by atoms with van der Waals surface area (Å²) in [5.74, 6) is 0.701. The highest BCUT2D eigenvalue weighted by atomic mass is 16.5. The van der Waals surface area contributed by atoms with Crippen molar-refractivity contribution in [3.05, 3.63) is 0 Å². The SMILES string of the molecule is CN(C)CCC(=O)C1CC2COCC(C1)N2. The molecule has 4 heteroatoms. The third-order valence-corrected chi connectivity index (χ3v) is 3.51. The molecule has 2 saturated heterocycles. The van der Waals surface area contributed by atoms with Crippen LogP contribution in [0.4, 0.5) is 0 Å². The maximum atomic E-state index is 12.0. The molecule has 2 heterocycles. The van der Waals surface area contributed by atoms with Crippen molar-refractivity contribution in [3.8, 4) is 0 Å². The molecule has 2 aliphatic rings. The van der Waals surface area contributed by atoms with Gasteiger partial charge in [0.2, 0.25) is 0 Å². The molecule has 2 bridgehead atoms. The summed E-state index contributed by atoms with van der Waals surface area (Å²) in [4.78, 5) is 14.1. The number of hydrogen-bond donors (Lipinski definition) is 1. The number of carbonyl (C=O) groups is 1. The summed E-state index contributed by atoms with van der Waals surface area (Å²) < 4.78 is 5.48. The molecular formula is C12H22N2O2. The first-order chi connectivity index (χ1) is 7.65. The Kier molecular flexibility index (Phi) is 3.95. The summed E-state index contributed by atoms with van der Waals surface area (Å²) in [6.07, 6.45) is 2.61. The molecule has 0 aromatic heterocycles. The Labute approximate surface area is 97.3 Å². The van der Waals surface area contributed by atoms with Crippen molar-refractivity contribution in [1.82, 2.24) is 10.2 Å². The Bertz CT molecular complexity index is 243. The second kappa shape index (κ2) is 5.25. The van der Waals surface area contributed by atoms with Gasteiger partial charge in [0.05, 0.1) is 13.2 Å². The van der Waals surface area contributed by atoms with Gasteiger partial charge < -0.3 is 15.0 Å². The van der Waals surface area contributed by atoms with Crippen LogP contribution in [0.25, 0.3) is 0 Å². The molecule has 2 rings (SSSR count). The second-order valence-corrected chi connectivity index (χ2v) is 5.29. The first-order valence-corrected chi connectivity index (χ1v) is 6.16. The van der Waals surface area contributed by atoms with E-state index >= 15 is 0 Å². The molecule has 0 saturated carbocycles. The molecule has 0 aromatic rings. The van der Waals surface area contributed by atoms with Gasteiger partial charge in [-0.3, -0.25) is 4.79 Å². The van der Waals surface area contributed by atoms with Crippen LogP contribution in [0.1, 0.15) is 19.3 Å². The molecule has 16 heavy (non-hydrogen) atoms. The van der Waals surface area contributed by atoms with Crippen LogP contribution in [0.3, 0.4) is 0 Å². The Balaban J connectivity index is 1.83. The van der Waals surface area contributed by atoms with Gasteiger partial charge in [-0.15, -0.1) is 0 Å². The van der Waals surface area contributed by atoms with Crippen molar-refractivity contribution in [2.75, 3.05) is 33.9 Å². The van der Waals surface area contributed by atoms with Gasteiger partial charge in [-0.25, -0.2) is 0 Å². The number of fused-ring (bicyclic) bond motifs is 2. The van der Waals surface area contributed by atoms with E-state index in [1.54, 1.807) is 0 Å². The second-order valence-electron chi connectivity index (χ2n) is 5.29. The standard InChI is InChI=1S/C12H22N2O2/c1-14(2)4-3-12(15)9-5-10-7-16-8-11(6-9)13-10/h9-11,13H,3-8H2,1-2H3. The van der Waals surface area contributed by atoms with Crippen molar-refractivity contribution in [2.24, 2.45) is 5.92 Å². The van der Waals surface area contributed by atoms with E-state index in [0.29, 0.717) is 24.3 Å². The highest BCUT2D eigenvalue weighted by Gasteiger charge is 2.34. The van der Waals surface area contributed by atoms with Gasteiger partial charge in [0, 0.05) is 31.0 Å². The lowest BCUT2D eigenvalue weighted by Gasteiger charge is -2.39. The van der Waals surface area contributed by atoms with Crippen molar-refractivity contribution in [3.63, 3.8) is 0 Å². The molecule has 2 unspecified atom stereocenters. The number of ether oxygens (including phenoxy) is 1. The summed E-state index contributed by atoms with van der Waals surface area (Å²) in [5.41, 5.74) is 0. The lowest BCUT2D eigenvalue weighted by molar-refractivity contribution is -0.126. The Morgan fingerprint density at radius 2 is 1.94 bits per heavy atom. The molecule has 2 aliphatic heterocycles. The molecular weight excluding hydrogens is 204 g/mol. The summed E-state index contributed by atoms with van der Waals surface area (Å²) in [7, 11) is 4.02. The average Bonchev–Trinajstić information content (AvgIpc) is 2.25. The van der Waals surface area contributed by atoms with Gasteiger partial charge in [0.15, 0.2) is 0 Å². The lowest BCUT2D eigenvalue weighted by Crippen LogP contribution is -2.55. The monoisotopic (exact) mass is 226 g/mol. The first kappa shape index (κ1) is 12.0. The zero-order valence-corrected chi connectivity index (χ0v) is 10.2. The maximum Gasteiger partial charge on any atom is 0.137 e. The van der Waals surface area contributed by atoms with Crippen molar-refractivity contribution in [2.45, 2.75) is 31.3 Å². The molecule has 0 aliphatic carbocycles. The van der Waals surface area contributed by atoms with Gasteiger partial charge in [-0.2, -0.15) is 0 Å². The first-order valence-electron chi connectivity index (χ1n) is 6.16. The van der Waals surface area contributed by atoms with E-state index in [2.05, 4.69) is 10.2 Å². The zero-order valence-electron chi connectivity index (χ0n) is 10.2. The Hall–Kier alpha value is -0.450. The molecule has 92 valence electrons. The topological polar surface area (TPSA) is 41.6 Å². The number of morpholine rings is 1. The van der Waals surface area contributed by atoms with Crippen molar-refractivity contribution in [1.29, 1.82) is 0 Å². The molecule has 0 aromatic carbocycles. The van der Waals surface area contributed by atoms with E-state index in [1.165, 1.54) is 0 Å². The number of rotatable bonds is 4. The summed E-state index contributed by atoms with van der Waals surface area (Å²) >= 11 is 0. The van der Waals surface area contributed by atoms with Crippen LogP contribution in [0.2, 0.25) is 0 Å². The van der Waals surface area contributed by atoms with Gasteiger partial charge in [0.1, 0.15) is 5.78 Å². The minimum atomic E-state index is 0.264. The molecule has 0 radical (unpaired) electrons. The predicted octanol–water partition coefficient (Wildman–Crippen LogP) is 0.274. The van der Waals surface area contributed by atoms with E-state index in [9.17, 15) is 4.79 Å². The number of carbonyl (C=O) groups excluding carboxylic acids is 1. The maximum absolute atomic E-state index is 12.0. The van der Waals surface area contributed by atoms with Crippen LogP contribution >= 0.6 is 0 Å². The number of ketones is 1. The normalized spacial score (nSPS) is 34.1. The lowest BCUT2D eigenvalue weighted by atomic mass is 9.83. The minimum Gasteiger partial charge on any atom is -0.378 e. The fraction of sp³-hybridized carbons (Fsp3) is 0.917. The molecule has 2 fully saturated rings. The number of nitrogens with zero attached hydrogens (tertiary/aromatic N) is 1. The van der Waals surface area contributed by atoms with Crippen LogP contribution in [-0.4, -0.2) is 56.6 Å². The zero-order chi connectivity index (χ0) is 11.5. The van der Waals surface area contributed by atoms with Crippen LogP contribution in [0.15, 0.2) is 0 Å². The van der Waals surface area contributed by atoms with Gasteiger partial charge in [-0.05, 0) is 26.9 Å². The Morgan fingerprint density at radius 3 is 2.50 bits per heavy atom. The van der Waals surface area contributed by atoms with Crippen LogP contribution in [0.5, 0.6) is 0 Å². The van der Waals surface area contributed by atoms with Crippen LogP contribution < -0.4 is 5.32 Å². The summed E-state index contributed by atoms with van der Waals surface area (Å²) in [5, 5.41) is 3.51. The Morgan fingerprint density at radius 1 is 1.31 bits per heavy atom. The third kappa shape index (κ3) is 3.03. The van der Waals surface area contributed by atoms with E-state index in [1.807, 2.05) is 14.1 Å². The number of hydrogen-bond acceptors (Lipinski definition) is 4. The molecule has 2 atom stereocenters. The highest BCUT2D eigenvalue weighted by Crippen LogP contribution is 2.25. The van der Waals surface area contributed by atoms with Crippen LogP contribution in [0, 0.1) is 5.92 Å². The minimum absolute atomic E-state index is 0.264. The van der Waals surface area contributed by atoms with Gasteiger partial charge >= 0.3 is 0 Å². The smallest absolute Gasteiger partial charge is 0.137 e. The molecule has 0 spiro atoms. The van der Waals surface area contributed by atoms with Gasteiger partial charge in [0.25, 0.3) is 0 Å². The average molecular weight is 226 g/mol. The number of Topliss-reactive ketones (excluding diaryl/α,β-unsaturated/α-hetero) is 1. The quantitative estimate of drug-likeness (QED) is 0.747. The van der Waals surface area contributed by atoms with Crippen molar-refractivity contribution < 1.29 is 9.53 Å².